The Morgan fingerprint density at radius 1 is 1.24 bits per heavy atom. The predicted molar refractivity (Wildman–Crippen MR) is 132 cm³/mol. The Kier molecular flexibility index (Phi) is 7.76. The normalized spacial score (nSPS) is 12.0. The number of rotatable bonds is 10. The molecule has 0 aliphatic rings. The first-order valence-electron chi connectivity index (χ1n) is 11.3. The first-order valence-corrected chi connectivity index (χ1v) is 12.1. The zero-order valence-electron chi connectivity index (χ0n) is 19.6. The number of unbranched alkanes of at least 4 members (excludes halogenated alkanes) is 1. The Morgan fingerprint density at radius 3 is 2.76 bits per heavy atom. The van der Waals surface area contributed by atoms with Crippen molar-refractivity contribution in [1.82, 2.24) is 30.0 Å². The fourth-order valence-electron chi connectivity index (χ4n) is 3.74. The number of nitrogens with one attached hydrogen (secondary N) is 1. The van der Waals surface area contributed by atoms with Crippen LogP contribution in [0, 0.1) is 6.92 Å². The highest BCUT2D eigenvalue weighted by molar-refractivity contribution is 7.13. The van der Waals surface area contributed by atoms with Crippen molar-refractivity contribution in [3.63, 3.8) is 0 Å². The second-order valence-electron chi connectivity index (χ2n) is 7.96. The van der Waals surface area contributed by atoms with Gasteiger partial charge in [0.15, 0.2) is 0 Å². The molecule has 0 aliphatic carbocycles. The topological polar surface area (TPSA) is 94.8 Å². The van der Waals surface area contributed by atoms with Gasteiger partial charge in [-0.25, -0.2) is 14.6 Å². The molecule has 4 aromatic heterocycles. The molecule has 34 heavy (non-hydrogen) atoms. The average molecular weight is 477 g/mol. The molecule has 0 saturated carbocycles. The van der Waals surface area contributed by atoms with E-state index in [-0.39, 0.29) is 11.9 Å². The van der Waals surface area contributed by atoms with E-state index in [1.54, 1.807) is 47.9 Å². The third-order valence-corrected chi connectivity index (χ3v) is 6.41. The van der Waals surface area contributed by atoms with Crippen LogP contribution in [0.1, 0.15) is 53.0 Å². The molecular formula is C25H28N6O2S. The van der Waals surface area contributed by atoms with Gasteiger partial charge in [0.25, 0.3) is 11.9 Å². The third kappa shape index (κ3) is 5.21. The molecule has 1 atom stereocenters. The van der Waals surface area contributed by atoms with E-state index in [0.717, 1.165) is 40.2 Å². The van der Waals surface area contributed by atoms with E-state index in [1.165, 1.54) is 0 Å². The molecule has 1 unspecified atom stereocenters. The zero-order chi connectivity index (χ0) is 23.9. The molecule has 0 bridgehead atoms. The van der Waals surface area contributed by atoms with Crippen molar-refractivity contribution in [2.45, 2.75) is 39.2 Å². The van der Waals surface area contributed by atoms with E-state index < -0.39 is 0 Å². The lowest BCUT2D eigenvalue weighted by molar-refractivity contribution is 0.0895. The van der Waals surface area contributed by atoms with Gasteiger partial charge in [0.1, 0.15) is 0 Å². The Hall–Kier alpha value is -3.43. The summed E-state index contributed by atoms with van der Waals surface area (Å²) in [7, 11) is 1.62. The van der Waals surface area contributed by atoms with E-state index >= 15 is 0 Å². The van der Waals surface area contributed by atoms with E-state index in [9.17, 15) is 4.79 Å². The van der Waals surface area contributed by atoms with Crippen LogP contribution in [0.15, 0.2) is 54.4 Å². The largest absolute Gasteiger partial charge is 0.382 e. The summed E-state index contributed by atoms with van der Waals surface area (Å²) in [4.78, 5) is 27.8. The van der Waals surface area contributed by atoms with Gasteiger partial charge in [0.2, 0.25) is 0 Å². The molecule has 0 saturated heterocycles. The van der Waals surface area contributed by atoms with Crippen LogP contribution in [0.2, 0.25) is 0 Å². The molecule has 4 heterocycles. The first kappa shape index (κ1) is 23.7. The summed E-state index contributed by atoms with van der Waals surface area (Å²) in [6.07, 6.45) is 9.41. The minimum Gasteiger partial charge on any atom is -0.382 e. The van der Waals surface area contributed by atoms with E-state index in [4.69, 9.17) is 9.72 Å². The highest BCUT2D eigenvalue weighted by atomic mass is 32.1. The fraction of sp³-hybridized carbons (Fsp3) is 0.320. The molecular weight excluding hydrogens is 448 g/mol. The molecule has 0 fully saturated rings. The Morgan fingerprint density at radius 2 is 2.06 bits per heavy atom. The Bertz CT molecular complexity index is 1220. The van der Waals surface area contributed by atoms with Gasteiger partial charge in [-0.15, -0.1) is 11.3 Å². The highest BCUT2D eigenvalue weighted by Crippen LogP contribution is 2.27. The van der Waals surface area contributed by atoms with Crippen molar-refractivity contribution in [2.75, 3.05) is 13.7 Å². The third-order valence-electron chi connectivity index (χ3n) is 5.53. The summed E-state index contributed by atoms with van der Waals surface area (Å²) < 4.78 is 7.04. The van der Waals surface area contributed by atoms with Crippen LogP contribution in [0.3, 0.4) is 0 Å². The van der Waals surface area contributed by atoms with Crippen LogP contribution in [0.25, 0.3) is 16.5 Å². The number of hydrogen-bond donors (Lipinski definition) is 1. The number of carbonyl (C=O) groups excluding carboxylic acids is 1. The lowest BCUT2D eigenvalue weighted by Gasteiger charge is -2.18. The number of aryl methyl sites for hydroxylation is 1. The Labute approximate surface area is 203 Å². The van der Waals surface area contributed by atoms with Crippen molar-refractivity contribution in [2.24, 2.45) is 0 Å². The zero-order valence-corrected chi connectivity index (χ0v) is 20.4. The predicted octanol–water partition coefficient (Wildman–Crippen LogP) is 4.55. The minimum atomic E-state index is -0.302. The maximum absolute atomic E-state index is 13.4. The molecule has 0 aliphatic heterocycles. The average Bonchev–Trinajstić information content (AvgIpc) is 3.54. The number of pyridine rings is 1. The van der Waals surface area contributed by atoms with Gasteiger partial charge >= 0.3 is 0 Å². The molecule has 4 aromatic rings. The van der Waals surface area contributed by atoms with Gasteiger partial charge in [0.05, 0.1) is 40.7 Å². The molecule has 0 aromatic carbocycles. The number of ether oxygens (including phenoxy) is 1. The summed E-state index contributed by atoms with van der Waals surface area (Å²) in [6.45, 7) is 4.46. The van der Waals surface area contributed by atoms with Crippen LogP contribution in [0.5, 0.6) is 0 Å². The summed E-state index contributed by atoms with van der Waals surface area (Å²) in [5.74, 6) is 0.253. The monoisotopic (exact) mass is 476 g/mol. The van der Waals surface area contributed by atoms with Crippen molar-refractivity contribution in [3.8, 4) is 16.5 Å². The molecule has 0 radical (unpaired) electrons. The highest BCUT2D eigenvalue weighted by Gasteiger charge is 2.23. The summed E-state index contributed by atoms with van der Waals surface area (Å²) in [6, 6.07) is 7.49. The molecule has 4 rings (SSSR count). The van der Waals surface area contributed by atoms with Crippen molar-refractivity contribution < 1.29 is 9.53 Å². The van der Waals surface area contributed by atoms with Gasteiger partial charge in [-0.2, -0.15) is 5.10 Å². The van der Waals surface area contributed by atoms with Crippen LogP contribution in [-0.2, 0) is 11.2 Å². The van der Waals surface area contributed by atoms with Gasteiger partial charge in [0, 0.05) is 25.7 Å². The maximum atomic E-state index is 13.4. The maximum Gasteiger partial charge on any atom is 0.255 e. The van der Waals surface area contributed by atoms with E-state index in [2.05, 4.69) is 27.3 Å². The molecule has 1 N–H and O–H groups in total. The first-order chi connectivity index (χ1) is 16.6. The van der Waals surface area contributed by atoms with Crippen LogP contribution in [0.4, 0.5) is 0 Å². The quantitative estimate of drug-likeness (QED) is 0.361. The number of thiophene rings is 1. The van der Waals surface area contributed by atoms with Crippen molar-refractivity contribution >= 4 is 17.2 Å². The number of aromatic nitrogens is 5. The fourth-order valence-corrected chi connectivity index (χ4v) is 4.52. The number of methoxy groups -OCH3 is 1. The SMILES string of the molecule is CCCCc1c(C(=O)NC(COC)c2ccncc2)cnn1-c1ncc(C)c(-c2cccs2)n1. The van der Waals surface area contributed by atoms with E-state index in [1.807, 2.05) is 36.6 Å². The van der Waals surface area contributed by atoms with Gasteiger partial charge < -0.3 is 10.1 Å². The van der Waals surface area contributed by atoms with Crippen LogP contribution in [-0.4, -0.2) is 44.4 Å². The molecule has 9 heteroatoms. The summed E-state index contributed by atoms with van der Waals surface area (Å²) >= 11 is 1.63. The smallest absolute Gasteiger partial charge is 0.255 e. The van der Waals surface area contributed by atoms with Gasteiger partial charge in [-0.3, -0.25) is 9.78 Å². The Balaban J connectivity index is 1.68. The molecule has 0 spiro atoms. The number of amides is 1. The van der Waals surface area contributed by atoms with Crippen molar-refractivity contribution in [1.29, 1.82) is 0 Å². The van der Waals surface area contributed by atoms with Gasteiger partial charge in [-0.1, -0.05) is 19.4 Å². The van der Waals surface area contributed by atoms with Gasteiger partial charge in [-0.05, 0) is 54.5 Å². The number of carbonyl (C=O) groups is 1. The lowest BCUT2D eigenvalue weighted by atomic mass is 10.1. The van der Waals surface area contributed by atoms with Crippen molar-refractivity contribution in [3.05, 3.63) is 76.8 Å². The second-order valence-corrected chi connectivity index (χ2v) is 8.91. The second kappa shape index (κ2) is 11.1. The number of hydrogen-bond acceptors (Lipinski definition) is 7. The lowest BCUT2D eigenvalue weighted by Crippen LogP contribution is -2.32. The van der Waals surface area contributed by atoms with Crippen LogP contribution < -0.4 is 5.32 Å². The summed E-state index contributed by atoms with van der Waals surface area (Å²) in [5.41, 5.74) is 4.11. The summed E-state index contributed by atoms with van der Waals surface area (Å²) in [5, 5.41) is 9.65. The molecule has 176 valence electrons. The molecule has 8 nitrogen and oxygen atoms in total. The van der Waals surface area contributed by atoms with Crippen LogP contribution >= 0.6 is 11.3 Å². The van der Waals surface area contributed by atoms with E-state index in [0.29, 0.717) is 24.5 Å². The minimum absolute atomic E-state index is 0.207. The molecule has 1 amide bonds. The number of nitrogens with zero attached hydrogens (tertiary/aromatic N) is 5. The standard InChI is InChI=1S/C25H28N6O2S/c1-4-5-7-21-19(24(32)29-20(16-33-3)18-9-11-26-12-10-18)15-28-31(21)25-27-14-17(2)23(30-25)22-8-6-13-34-22/h6,8-15,20H,4-5,7,16H2,1-3H3,(H,29,32).